The number of carbonyl (C=O) groups is 2. The van der Waals surface area contributed by atoms with Crippen LogP contribution in [0.3, 0.4) is 0 Å². The normalized spacial score (nSPS) is 11.3. The maximum Gasteiger partial charge on any atom is 0.162 e. The summed E-state index contributed by atoms with van der Waals surface area (Å²) < 4.78 is 0. The van der Waals surface area contributed by atoms with Gasteiger partial charge in [-0.3, -0.25) is 9.59 Å². The Labute approximate surface area is 161 Å². The fraction of sp³-hybridized carbons (Fsp3) is 0.417. The molecule has 3 aromatic rings. The number of fused-ring (bicyclic) bond motifs is 3. The molecule has 0 saturated heterocycles. The Morgan fingerprint density at radius 2 is 1.15 bits per heavy atom. The number of hydrogen-bond donors (Lipinski definition) is 1. The zero-order valence-corrected chi connectivity index (χ0v) is 16.4. The topological polar surface area (TPSA) is 49.9 Å². The van der Waals surface area contributed by atoms with Gasteiger partial charge in [0.15, 0.2) is 11.6 Å². The van der Waals surface area contributed by atoms with Crippen molar-refractivity contribution in [3.63, 3.8) is 0 Å². The van der Waals surface area contributed by atoms with Gasteiger partial charge in [-0.1, -0.05) is 39.5 Å². The quantitative estimate of drug-likeness (QED) is 0.316. The van der Waals surface area contributed by atoms with Gasteiger partial charge in [0.25, 0.3) is 0 Å². The fourth-order valence-corrected chi connectivity index (χ4v) is 3.60. The highest BCUT2D eigenvalue weighted by Crippen LogP contribution is 2.28. The molecule has 0 spiro atoms. The van der Waals surface area contributed by atoms with Crippen LogP contribution in [0.1, 0.15) is 85.9 Å². The molecular formula is C24H29NO2. The first-order valence-corrected chi connectivity index (χ1v) is 10.3. The SMILES string of the molecule is CCCCCC(=O)c1ccc2[nH]c3ccc(C(=O)CCCCC)cc3c2c1. The summed E-state index contributed by atoms with van der Waals surface area (Å²) in [7, 11) is 0. The molecule has 0 atom stereocenters. The van der Waals surface area contributed by atoms with Crippen LogP contribution in [0.2, 0.25) is 0 Å². The summed E-state index contributed by atoms with van der Waals surface area (Å²) >= 11 is 0. The number of H-pyrrole nitrogens is 1. The van der Waals surface area contributed by atoms with Crippen molar-refractivity contribution in [3.8, 4) is 0 Å². The van der Waals surface area contributed by atoms with Crippen molar-refractivity contribution in [2.45, 2.75) is 65.2 Å². The van der Waals surface area contributed by atoms with E-state index in [0.717, 1.165) is 71.5 Å². The van der Waals surface area contributed by atoms with Gasteiger partial charge in [0.1, 0.15) is 0 Å². The molecule has 0 unspecified atom stereocenters. The Balaban J connectivity index is 1.90. The van der Waals surface area contributed by atoms with Gasteiger partial charge >= 0.3 is 0 Å². The first kappa shape index (κ1) is 19.3. The molecule has 0 aliphatic carbocycles. The number of rotatable bonds is 10. The maximum absolute atomic E-state index is 12.5. The molecule has 27 heavy (non-hydrogen) atoms. The Morgan fingerprint density at radius 1 is 0.704 bits per heavy atom. The Kier molecular flexibility index (Phi) is 6.44. The van der Waals surface area contributed by atoms with Crippen LogP contribution in [0, 0.1) is 0 Å². The standard InChI is InChI=1S/C24H29NO2/c1-3-5-7-9-23(26)17-11-13-21-19(15-17)20-16-18(12-14-22(20)25-21)24(27)10-8-6-4-2/h11-16,25H,3-10H2,1-2H3. The second kappa shape index (κ2) is 8.98. The first-order valence-electron chi connectivity index (χ1n) is 10.3. The Hall–Kier alpha value is -2.42. The van der Waals surface area contributed by atoms with Crippen LogP contribution >= 0.6 is 0 Å². The predicted molar refractivity (Wildman–Crippen MR) is 113 cm³/mol. The molecule has 142 valence electrons. The first-order chi connectivity index (χ1) is 13.1. The van der Waals surface area contributed by atoms with E-state index in [-0.39, 0.29) is 11.6 Å². The van der Waals surface area contributed by atoms with Gasteiger partial charge < -0.3 is 4.98 Å². The summed E-state index contributed by atoms with van der Waals surface area (Å²) in [6, 6.07) is 11.7. The van der Waals surface area contributed by atoms with Crippen molar-refractivity contribution in [1.82, 2.24) is 4.98 Å². The molecule has 1 N–H and O–H groups in total. The molecule has 0 saturated carbocycles. The number of nitrogens with one attached hydrogen (secondary N) is 1. The van der Waals surface area contributed by atoms with E-state index in [1.54, 1.807) is 0 Å². The fourth-order valence-electron chi connectivity index (χ4n) is 3.60. The minimum Gasteiger partial charge on any atom is -0.355 e. The van der Waals surface area contributed by atoms with E-state index < -0.39 is 0 Å². The molecule has 3 heteroatoms. The highest BCUT2D eigenvalue weighted by atomic mass is 16.1. The number of aromatic nitrogens is 1. The van der Waals surface area contributed by atoms with Crippen LogP contribution in [0.15, 0.2) is 36.4 Å². The van der Waals surface area contributed by atoms with Crippen molar-refractivity contribution in [2.75, 3.05) is 0 Å². The lowest BCUT2D eigenvalue weighted by Gasteiger charge is -2.03. The van der Waals surface area contributed by atoms with Gasteiger partial charge in [-0.2, -0.15) is 0 Å². The van der Waals surface area contributed by atoms with Crippen molar-refractivity contribution in [2.24, 2.45) is 0 Å². The lowest BCUT2D eigenvalue weighted by molar-refractivity contribution is 0.0971. The Morgan fingerprint density at radius 3 is 1.56 bits per heavy atom. The highest BCUT2D eigenvalue weighted by Gasteiger charge is 2.12. The minimum absolute atomic E-state index is 0.200. The number of ketones is 2. The number of carbonyl (C=O) groups excluding carboxylic acids is 2. The average Bonchev–Trinajstić information content (AvgIpc) is 3.05. The molecule has 0 fully saturated rings. The molecule has 1 aromatic heterocycles. The summed E-state index contributed by atoms with van der Waals surface area (Å²) in [5, 5.41) is 2.05. The third-order valence-electron chi connectivity index (χ3n) is 5.26. The molecule has 0 aliphatic heterocycles. The summed E-state index contributed by atoms with van der Waals surface area (Å²) in [4.78, 5) is 28.3. The monoisotopic (exact) mass is 363 g/mol. The molecule has 2 aromatic carbocycles. The number of hydrogen-bond acceptors (Lipinski definition) is 2. The van der Waals surface area contributed by atoms with Gasteiger partial charge in [0.2, 0.25) is 0 Å². The second-order valence-corrected chi connectivity index (χ2v) is 7.41. The number of benzene rings is 2. The number of aromatic amines is 1. The van der Waals surface area contributed by atoms with Crippen molar-refractivity contribution in [1.29, 1.82) is 0 Å². The third-order valence-corrected chi connectivity index (χ3v) is 5.26. The van der Waals surface area contributed by atoms with Gasteiger partial charge in [-0.25, -0.2) is 0 Å². The lowest BCUT2D eigenvalue weighted by Crippen LogP contribution is -1.99. The molecule has 3 rings (SSSR count). The van der Waals surface area contributed by atoms with Crippen molar-refractivity contribution >= 4 is 33.4 Å². The van der Waals surface area contributed by atoms with Crippen molar-refractivity contribution < 1.29 is 9.59 Å². The minimum atomic E-state index is 0.200. The maximum atomic E-state index is 12.5. The van der Waals surface area contributed by atoms with E-state index in [2.05, 4.69) is 18.8 Å². The summed E-state index contributed by atoms with van der Waals surface area (Å²) in [6.07, 6.45) is 7.49. The molecule has 0 radical (unpaired) electrons. The van der Waals surface area contributed by atoms with Crippen LogP contribution in [0.25, 0.3) is 21.8 Å². The largest absolute Gasteiger partial charge is 0.355 e. The summed E-state index contributed by atoms with van der Waals surface area (Å²) in [6.45, 7) is 4.28. The van der Waals surface area contributed by atoms with Crippen LogP contribution in [0.4, 0.5) is 0 Å². The summed E-state index contributed by atoms with van der Waals surface area (Å²) in [5.41, 5.74) is 3.54. The van der Waals surface area contributed by atoms with Crippen LogP contribution in [0.5, 0.6) is 0 Å². The van der Waals surface area contributed by atoms with Crippen LogP contribution in [-0.2, 0) is 0 Å². The van der Waals surface area contributed by atoms with Gasteiger partial charge in [0, 0.05) is 45.8 Å². The van der Waals surface area contributed by atoms with Gasteiger partial charge in [-0.05, 0) is 49.2 Å². The molecule has 1 heterocycles. The molecule has 0 amide bonds. The average molecular weight is 364 g/mol. The van der Waals surface area contributed by atoms with Gasteiger partial charge in [0.05, 0.1) is 0 Å². The molecule has 0 bridgehead atoms. The highest BCUT2D eigenvalue weighted by molar-refractivity contribution is 6.12. The lowest BCUT2D eigenvalue weighted by atomic mass is 10.00. The third kappa shape index (κ3) is 4.47. The smallest absolute Gasteiger partial charge is 0.162 e. The van der Waals surface area contributed by atoms with E-state index >= 15 is 0 Å². The number of Topliss-reactive ketones (excluding diaryl/α,β-unsaturated/α-hetero) is 2. The van der Waals surface area contributed by atoms with E-state index in [4.69, 9.17) is 0 Å². The zero-order chi connectivity index (χ0) is 19.2. The second-order valence-electron chi connectivity index (χ2n) is 7.41. The summed E-state index contributed by atoms with van der Waals surface area (Å²) in [5.74, 6) is 0.401. The van der Waals surface area contributed by atoms with Gasteiger partial charge in [-0.15, -0.1) is 0 Å². The number of unbranched alkanes of at least 4 members (excludes halogenated alkanes) is 4. The molecular weight excluding hydrogens is 334 g/mol. The van der Waals surface area contributed by atoms with E-state index in [0.29, 0.717) is 12.8 Å². The van der Waals surface area contributed by atoms with E-state index in [1.807, 2.05) is 36.4 Å². The van der Waals surface area contributed by atoms with Crippen LogP contribution < -0.4 is 0 Å². The van der Waals surface area contributed by atoms with Crippen LogP contribution in [-0.4, -0.2) is 16.6 Å². The predicted octanol–water partition coefficient (Wildman–Crippen LogP) is 6.85. The van der Waals surface area contributed by atoms with E-state index in [1.165, 1.54) is 0 Å². The zero-order valence-electron chi connectivity index (χ0n) is 16.4. The van der Waals surface area contributed by atoms with Crippen molar-refractivity contribution in [3.05, 3.63) is 47.5 Å². The Bertz CT molecular complexity index is 875. The van der Waals surface area contributed by atoms with E-state index in [9.17, 15) is 9.59 Å². The molecule has 0 aliphatic rings. The molecule has 3 nitrogen and oxygen atoms in total.